The molecule has 0 radical (unpaired) electrons. The van der Waals surface area contributed by atoms with Gasteiger partial charge in [0.05, 0.1) is 34.0 Å². The molecule has 0 fully saturated rings. The van der Waals surface area contributed by atoms with Crippen LogP contribution in [0.3, 0.4) is 0 Å². The summed E-state index contributed by atoms with van der Waals surface area (Å²) < 4.78 is 31.4. The second-order valence-corrected chi connectivity index (χ2v) is 6.82. The zero-order valence-corrected chi connectivity index (χ0v) is 18.1. The summed E-state index contributed by atoms with van der Waals surface area (Å²) >= 11 is 0. The van der Waals surface area contributed by atoms with Crippen LogP contribution in [0.25, 0.3) is 0 Å². The molecule has 31 heavy (non-hydrogen) atoms. The van der Waals surface area contributed by atoms with Crippen LogP contribution in [0.5, 0.6) is 17.2 Å². The van der Waals surface area contributed by atoms with E-state index >= 15 is 0 Å². The van der Waals surface area contributed by atoms with Gasteiger partial charge < -0.3 is 28.4 Å². The highest BCUT2D eigenvalue weighted by molar-refractivity contribution is 6.08. The van der Waals surface area contributed by atoms with Crippen LogP contribution in [-0.4, -0.2) is 58.9 Å². The lowest BCUT2D eigenvalue weighted by Crippen LogP contribution is -2.37. The monoisotopic (exact) mass is 433 g/mol. The summed E-state index contributed by atoms with van der Waals surface area (Å²) in [6, 6.07) is 1.53. The van der Waals surface area contributed by atoms with Gasteiger partial charge >= 0.3 is 17.9 Å². The van der Waals surface area contributed by atoms with Crippen LogP contribution in [0.4, 0.5) is 0 Å². The lowest BCUT2D eigenvalue weighted by atomic mass is 9.73. The number of methoxy groups -OCH3 is 4. The first-order valence-corrected chi connectivity index (χ1v) is 9.31. The summed E-state index contributed by atoms with van der Waals surface area (Å²) in [5.41, 5.74) is 1.02. The van der Waals surface area contributed by atoms with Gasteiger partial charge in [-0.15, -0.1) is 0 Å². The van der Waals surface area contributed by atoms with E-state index in [0.29, 0.717) is 11.4 Å². The van der Waals surface area contributed by atoms with E-state index in [1.54, 1.807) is 13.8 Å². The van der Waals surface area contributed by atoms with Gasteiger partial charge in [0.15, 0.2) is 11.5 Å². The van der Waals surface area contributed by atoms with Crippen LogP contribution in [0.1, 0.15) is 35.7 Å². The molecule has 0 bridgehead atoms. The molecule has 10 heteroatoms. The zero-order valence-electron chi connectivity index (χ0n) is 18.1. The number of ether oxygens (including phenoxy) is 6. The number of esters is 3. The van der Waals surface area contributed by atoms with Crippen LogP contribution in [0.2, 0.25) is 0 Å². The topological polar surface area (TPSA) is 119 Å². The molecule has 0 aliphatic carbocycles. The first-order chi connectivity index (χ1) is 14.8. The molecule has 2 atom stereocenters. The van der Waals surface area contributed by atoms with Crippen molar-refractivity contribution in [2.24, 2.45) is 10.9 Å². The standard InChI is InChI=1S/C21H23NO9/c1-9-13(19(23)27-4)16(14(10(2)22-9)20(24)28-5)15-11(26-3)7-12-18(31-8-30-12)17(15)21(25)29-6/h7,13,16H,8H2,1-6H3. The minimum atomic E-state index is -1.03. The van der Waals surface area contributed by atoms with Crippen LogP contribution in [0.15, 0.2) is 22.3 Å². The van der Waals surface area contributed by atoms with Crippen molar-refractivity contribution in [2.45, 2.75) is 19.8 Å². The third kappa shape index (κ3) is 3.58. The number of carbonyl (C=O) groups excluding carboxylic acids is 3. The number of nitrogens with zero attached hydrogens (tertiary/aromatic N) is 1. The van der Waals surface area contributed by atoms with Crippen molar-refractivity contribution in [3.63, 3.8) is 0 Å². The van der Waals surface area contributed by atoms with Crippen LogP contribution < -0.4 is 14.2 Å². The molecule has 10 nitrogen and oxygen atoms in total. The van der Waals surface area contributed by atoms with Crippen molar-refractivity contribution in [3.8, 4) is 17.2 Å². The first-order valence-electron chi connectivity index (χ1n) is 9.31. The average Bonchev–Trinajstić information content (AvgIpc) is 3.23. The molecule has 0 N–H and O–H groups in total. The first kappa shape index (κ1) is 22.1. The van der Waals surface area contributed by atoms with E-state index in [4.69, 9.17) is 28.4 Å². The molecule has 0 aromatic heterocycles. The van der Waals surface area contributed by atoms with E-state index in [1.807, 2.05) is 0 Å². The molecule has 3 rings (SSSR count). The minimum Gasteiger partial charge on any atom is -0.496 e. The van der Waals surface area contributed by atoms with Gasteiger partial charge in [-0.2, -0.15) is 0 Å². The number of hydrogen-bond donors (Lipinski definition) is 0. The molecule has 0 amide bonds. The van der Waals surface area contributed by atoms with Gasteiger partial charge in [0.1, 0.15) is 17.2 Å². The molecule has 2 aliphatic rings. The quantitative estimate of drug-likeness (QED) is 0.507. The molecule has 1 aromatic carbocycles. The molecule has 0 saturated heterocycles. The average molecular weight is 433 g/mol. The third-order valence-corrected chi connectivity index (χ3v) is 5.27. The normalized spacial score (nSPS) is 19.5. The van der Waals surface area contributed by atoms with E-state index in [-0.39, 0.29) is 40.7 Å². The smallest absolute Gasteiger partial charge is 0.342 e. The lowest BCUT2D eigenvalue weighted by molar-refractivity contribution is -0.143. The Kier molecular flexibility index (Phi) is 6.19. The van der Waals surface area contributed by atoms with Crippen LogP contribution >= 0.6 is 0 Å². The van der Waals surface area contributed by atoms with E-state index < -0.39 is 29.7 Å². The predicted molar refractivity (Wildman–Crippen MR) is 107 cm³/mol. The molecule has 0 saturated carbocycles. The Bertz CT molecular complexity index is 1010. The molecule has 2 heterocycles. The SMILES string of the molecule is COC(=O)C1=C(C)N=C(C)C(C(=O)OC)C1c1c(OC)cc2c(c1C(=O)OC)OCO2. The zero-order chi connectivity index (χ0) is 22.9. The van der Waals surface area contributed by atoms with Crippen molar-refractivity contribution in [1.82, 2.24) is 0 Å². The van der Waals surface area contributed by atoms with Gasteiger partial charge in [-0.05, 0) is 13.8 Å². The van der Waals surface area contributed by atoms with Crippen molar-refractivity contribution in [1.29, 1.82) is 0 Å². The van der Waals surface area contributed by atoms with Gasteiger partial charge in [-0.1, -0.05) is 0 Å². The van der Waals surface area contributed by atoms with Gasteiger partial charge in [0, 0.05) is 29.0 Å². The molecular formula is C21H23NO9. The van der Waals surface area contributed by atoms with Gasteiger partial charge in [0.2, 0.25) is 6.79 Å². The Hall–Kier alpha value is -3.56. The van der Waals surface area contributed by atoms with E-state index in [2.05, 4.69) is 4.99 Å². The third-order valence-electron chi connectivity index (χ3n) is 5.27. The van der Waals surface area contributed by atoms with Crippen LogP contribution in [-0.2, 0) is 23.8 Å². The number of allylic oxidation sites excluding steroid dienone is 1. The number of fused-ring (bicyclic) bond motifs is 1. The van der Waals surface area contributed by atoms with Gasteiger partial charge in [-0.25, -0.2) is 9.59 Å². The Morgan fingerprint density at radius 3 is 2.26 bits per heavy atom. The largest absolute Gasteiger partial charge is 0.496 e. The number of hydrogen-bond acceptors (Lipinski definition) is 10. The van der Waals surface area contributed by atoms with E-state index in [1.165, 1.54) is 34.5 Å². The Labute approximate surface area is 178 Å². The molecule has 2 unspecified atom stereocenters. The fourth-order valence-corrected chi connectivity index (χ4v) is 3.97. The molecule has 2 aliphatic heterocycles. The lowest BCUT2D eigenvalue weighted by Gasteiger charge is -2.32. The Morgan fingerprint density at radius 1 is 1.00 bits per heavy atom. The fraction of sp³-hybridized carbons (Fsp3) is 0.429. The molecule has 1 aromatic rings. The van der Waals surface area contributed by atoms with Crippen molar-refractivity contribution in [3.05, 3.63) is 28.5 Å². The number of aliphatic imine (C=N–C) groups is 1. The van der Waals surface area contributed by atoms with E-state index in [9.17, 15) is 14.4 Å². The molecule has 166 valence electrons. The Morgan fingerprint density at radius 2 is 1.68 bits per heavy atom. The van der Waals surface area contributed by atoms with Gasteiger partial charge in [-0.3, -0.25) is 9.79 Å². The maximum Gasteiger partial charge on any atom is 0.342 e. The molecular weight excluding hydrogens is 410 g/mol. The van der Waals surface area contributed by atoms with Crippen molar-refractivity contribution >= 4 is 23.6 Å². The maximum atomic E-state index is 12.9. The highest BCUT2D eigenvalue weighted by atomic mass is 16.7. The minimum absolute atomic E-state index is 0.0165. The number of rotatable bonds is 5. The summed E-state index contributed by atoms with van der Waals surface area (Å²) in [4.78, 5) is 42.8. The second kappa shape index (κ2) is 8.66. The van der Waals surface area contributed by atoms with Crippen molar-refractivity contribution in [2.75, 3.05) is 35.2 Å². The van der Waals surface area contributed by atoms with E-state index in [0.717, 1.165) is 0 Å². The summed E-state index contributed by atoms with van der Waals surface area (Å²) in [6.07, 6.45) is 0. The summed E-state index contributed by atoms with van der Waals surface area (Å²) in [5.74, 6) is -3.53. The summed E-state index contributed by atoms with van der Waals surface area (Å²) in [6.45, 7) is 3.15. The van der Waals surface area contributed by atoms with Crippen molar-refractivity contribution < 1.29 is 42.8 Å². The Balaban J connectivity index is 2.43. The highest BCUT2D eigenvalue weighted by Gasteiger charge is 2.46. The fourth-order valence-electron chi connectivity index (χ4n) is 3.97. The van der Waals surface area contributed by atoms with Gasteiger partial charge in [0.25, 0.3) is 0 Å². The molecule has 0 spiro atoms. The van der Waals surface area contributed by atoms with Crippen LogP contribution in [0, 0.1) is 5.92 Å². The maximum absolute atomic E-state index is 12.9. The summed E-state index contributed by atoms with van der Waals surface area (Å²) in [5, 5.41) is 0. The second-order valence-electron chi connectivity index (χ2n) is 6.82. The number of benzene rings is 1. The highest BCUT2D eigenvalue weighted by Crippen LogP contribution is 2.51. The number of carbonyl (C=O) groups is 3. The summed E-state index contributed by atoms with van der Waals surface area (Å²) in [7, 11) is 5.05. The predicted octanol–water partition coefficient (Wildman–Crippen LogP) is 2.00.